The average molecular weight is 296 g/mol. The fraction of sp³-hybridized carbons (Fsp3) is 0.0588. The molecule has 5 heteroatoms. The minimum Gasteiger partial charge on any atom is -0.497 e. The van der Waals surface area contributed by atoms with Crippen molar-refractivity contribution >= 4 is 23.6 Å². The van der Waals surface area contributed by atoms with Gasteiger partial charge in [-0.05, 0) is 42.0 Å². The van der Waals surface area contributed by atoms with Crippen LogP contribution in [0.1, 0.15) is 15.9 Å². The summed E-state index contributed by atoms with van der Waals surface area (Å²) >= 11 is 0. The summed E-state index contributed by atoms with van der Waals surface area (Å²) in [7, 11) is 1.58. The number of nitrogens with one attached hydrogen (secondary N) is 1. The summed E-state index contributed by atoms with van der Waals surface area (Å²) in [5, 5.41) is 2.67. The number of nitrogens with two attached hydrogens (primary N) is 1. The van der Waals surface area contributed by atoms with E-state index in [1.165, 1.54) is 12.1 Å². The summed E-state index contributed by atoms with van der Waals surface area (Å²) in [5.74, 6) is -0.121. The summed E-state index contributed by atoms with van der Waals surface area (Å²) in [4.78, 5) is 23.0. The SMILES string of the molecule is COc1cccc(/C=C/C(=O)Nc2cccc(C(N)=O)c2)c1. The zero-order chi connectivity index (χ0) is 15.9. The van der Waals surface area contributed by atoms with Gasteiger partial charge in [0.2, 0.25) is 11.8 Å². The van der Waals surface area contributed by atoms with E-state index in [0.717, 1.165) is 11.3 Å². The number of carbonyl (C=O) groups excluding carboxylic acids is 2. The molecule has 5 nitrogen and oxygen atoms in total. The summed E-state index contributed by atoms with van der Waals surface area (Å²) in [6, 6.07) is 13.8. The van der Waals surface area contributed by atoms with E-state index >= 15 is 0 Å². The van der Waals surface area contributed by atoms with Gasteiger partial charge in [0, 0.05) is 17.3 Å². The smallest absolute Gasteiger partial charge is 0.248 e. The predicted molar refractivity (Wildman–Crippen MR) is 85.6 cm³/mol. The molecule has 0 bridgehead atoms. The minimum absolute atomic E-state index is 0.301. The Balaban J connectivity index is 2.04. The number of carbonyl (C=O) groups is 2. The molecule has 0 aliphatic carbocycles. The molecule has 0 atom stereocenters. The van der Waals surface area contributed by atoms with Crippen LogP contribution in [-0.4, -0.2) is 18.9 Å². The first-order valence-corrected chi connectivity index (χ1v) is 6.61. The van der Waals surface area contributed by atoms with Gasteiger partial charge in [0.1, 0.15) is 5.75 Å². The van der Waals surface area contributed by atoms with Crippen LogP contribution in [0.3, 0.4) is 0 Å². The number of hydrogen-bond donors (Lipinski definition) is 2. The van der Waals surface area contributed by atoms with E-state index < -0.39 is 5.91 Å². The van der Waals surface area contributed by atoms with Crippen LogP contribution in [0.4, 0.5) is 5.69 Å². The fourth-order valence-electron chi connectivity index (χ4n) is 1.85. The number of hydrogen-bond acceptors (Lipinski definition) is 3. The van der Waals surface area contributed by atoms with Crippen molar-refractivity contribution in [3.8, 4) is 5.75 Å². The second-order valence-electron chi connectivity index (χ2n) is 4.54. The van der Waals surface area contributed by atoms with E-state index in [4.69, 9.17) is 10.5 Å². The Bertz CT molecular complexity index is 723. The highest BCUT2D eigenvalue weighted by molar-refractivity contribution is 6.03. The normalized spacial score (nSPS) is 10.4. The lowest BCUT2D eigenvalue weighted by Gasteiger charge is -2.04. The maximum atomic E-state index is 11.9. The molecule has 0 saturated carbocycles. The zero-order valence-electron chi connectivity index (χ0n) is 12.1. The van der Waals surface area contributed by atoms with Crippen molar-refractivity contribution in [2.24, 2.45) is 5.73 Å². The van der Waals surface area contributed by atoms with Crippen molar-refractivity contribution in [3.63, 3.8) is 0 Å². The van der Waals surface area contributed by atoms with Crippen molar-refractivity contribution in [3.05, 3.63) is 65.7 Å². The molecule has 2 aromatic carbocycles. The first kappa shape index (κ1) is 15.3. The third-order valence-electron chi connectivity index (χ3n) is 2.94. The highest BCUT2D eigenvalue weighted by Gasteiger charge is 2.03. The number of benzene rings is 2. The van der Waals surface area contributed by atoms with Gasteiger partial charge < -0.3 is 15.8 Å². The molecule has 3 N–H and O–H groups in total. The van der Waals surface area contributed by atoms with Gasteiger partial charge in [-0.1, -0.05) is 18.2 Å². The maximum absolute atomic E-state index is 11.9. The highest BCUT2D eigenvalue weighted by atomic mass is 16.5. The van der Waals surface area contributed by atoms with Crippen LogP contribution in [0.2, 0.25) is 0 Å². The minimum atomic E-state index is -0.539. The molecule has 0 aliphatic rings. The van der Waals surface area contributed by atoms with Crippen LogP contribution in [0.25, 0.3) is 6.08 Å². The van der Waals surface area contributed by atoms with E-state index in [-0.39, 0.29) is 5.91 Å². The lowest BCUT2D eigenvalue weighted by Crippen LogP contribution is -2.12. The van der Waals surface area contributed by atoms with Crippen molar-refractivity contribution in [2.75, 3.05) is 12.4 Å². The number of ether oxygens (including phenoxy) is 1. The van der Waals surface area contributed by atoms with Gasteiger partial charge >= 0.3 is 0 Å². The van der Waals surface area contributed by atoms with Gasteiger partial charge in [0.25, 0.3) is 0 Å². The molecule has 0 saturated heterocycles. The molecule has 0 unspecified atom stereocenters. The molecule has 22 heavy (non-hydrogen) atoms. The molecule has 2 aromatic rings. The molecule has 2 rings (SSSR count). The first-order valence-electron chi connectivity index (χ1n) is 6.61. The van der Waals surface area contributed by atoms with Crippen LogP contribution in [0, 0.1) is 0 Å². The quantitative estimate of drug-likeness (QED) is 0.831. The summed E-state index contributed by atoms with van der Waals surface area (Å²) < 4.78 is 5.11. The summed E-state index contributed by atoms with van der Waals surface area (Å²) in [6.45, 7) is 0. The molecule has 0 aromatic heterocycles. The standard InChI is InChI=1S/C17H16N2O3/c1-22-15-7-2-4-12(10-15)8-9-16(20)19-14-6-3-5-13(11-14)17(18)21/h2-11H,1H3,(H2,18,21)(H,19,20)/b9-8+. The van der Waals surface area contributed by atoms with E-state index in [9.17, 15) is 9.59 Å². The lowest BCUT2D eigenvalue weighted by molar-refractivity contribution is -0.111. The molecule has 112 valence electrons. The van der Waals surface area contributed by atoms with Crippen molar-refractivity contribution in [1.82, 2.24) is 0 Å². The van der Waals surface area contributed by atoms with E-state index in [2.05, 4.69) is 5.32 Å². The number of amides is 2. The molecule has 0 heterocycles. The molecular weight excluding hydrogens is 280 g/mol. The second-order valence-corrected chi connectivity index (χ2v) is 4.54. The van der Waals surface area contributed by atoms with E-state index in [0.29, 0.717) is 11.3 Å². The average Bonchev–Trinajstić information content (AvgIpc) is 2.53. The summed E-state index contributed by atoms with van der Waals surface area (Å²) in [6.07, 6.45) is 3.08. The molecule has 0 fully saturated rings. The van der Waals surface area contributed by atoms with Gasteiger partial charge in [0.05, 0.1) is 7.11 Å². The van der Waals surface area contributed by atoms with Gasteiger partial charge in [0.15, 0.2) is 0 Å². The number of anilines is 1. The van der Waals surface area contributed by atoms with E-state index in [1.54, 1.807) is 31.4 Å². The maximum Gasteiger partial charge on any atom is 0.248 e. The van der Waals surface area contributed by atoms with Gasteiger partial charge in [-0.15, -0.1) is 0 Å². The fourth-order valence-corrected chi connectivity index (χ4v) is 1.85. The number of methoxy groups -OCH3 is 1. The largest absolute Gasteiger partial charge is 0.497 e. The van der Waals surface area contributed by atoms with Crippen LogP contribution in [0.5, 0.6) is 5.75 Å². The van der Waals surface area contributed by atoms with Gasteiger partial charge in [-0.2, -0.15) is 0 Å². The number of rotatable bonds is 5. The van der Waals surface area contributed by atoms with Gasteiger partial charge in [-0.3, -0.25) is 9.59 Å². The molecule has 0 aliphatic heterocycles. The Morgan fingerprint density at radius 2 is 1.91 bits per heavy atom. The predicted octanol–water partition coefficient (Wildman–Crippen LogP) is 2.45. The molecule has 2 amide bonds. The highest BCUT2D eigenvalue weighted by Crippen LogP contribution is 2.14. The van der Waals surface area contributed by atoms with Crippen LogP contribution in [-0.2, 0) is 4.79 Å². The Labute approximate surface area is 128 Å². The van der Waals surface area contributed by atoms with Gasteiger partial charge in [-0.25, -0.2) is 0 Å². The van der Waals surface area contributed by atoms with Crippen LogP contribution >= 0.6 is 0 Å². The molecular formula is C17H16N2O3. The third-order valence-corrected chi connectivity index (χ3v) is 2.94. The lowest BCUT2D eigenvalue weighted by atomic mass is 10.2. The Morgan fingerprint density at radius 3 is 2.64 bits per heavy atom. The second kappa shape index (κ2) is 7.08. The third kappa shape index (κ3) is 4.21. The Morgan fingerprint density at radius 1 is 1.14 bits per heavy atom. The van der Waals surface area contributed by atoms with Crippen molar-refractivity contribution in [1.29, 1.82) is 0 Å². The Hall–Kier alpha value is -3.08. The molecule has 0 spiro atoms. The Kier molecular flexibility index (Phi) is 4.93. The summed E-state index contributed by atoms with van der Waals surface area (Å²) in [5.41, 5.74) is 6.90. The molecule has 0 radical (unpaired) electrons. The zero-order valence-corrected chi connectivity index (χ0v) is 12.1. The van der Waals surface area contributed by atoms with E-state index in [1.807, 2.05) is 24.3 Å². The van der Waals surface area contributed by atoms with Crippen LogP contribution < -0.4 is 15.8 Å². The van der Waals surface area contributed by atoms with Crippen LogP contribution in [0.15, 0.2) is 54.6 Å². The number of primary amides is 1. The van der Waals surface area contributed by atoms with Crippen molar-refractivity contribution in [2.45, 2.75) is 0 Å². The topological polar surface area (TPSA) is 81.4 Å². The monoisotopic (exact) mass is 296 g/mol. The first-order chi connectivity index (χ1) is 10.6. The van der Waals surface area contributed by atoms with Crippen molar-refractivity contribution < 1.29 is 14.3 Å².